The fourth-order valence-electron chi connectivity index (χ4n) is 4.15. The number of para-hydroxylation sites is 2. The average molecular weight is 419 g/mol. The molecule has 3 aromatic rings. The number of piperidine rings is 1. The van der Waals surface area contributed by atoms with Gasteiger partial charge in [-0.25, -0.2) is 9.98 Å². The third kappa shape index (κ3) is 5.64. The summed E-state index contributed by atoms with van der Waals surface area (Å²) in [5, 5.41) is 6.76. The smallest absolute Gasteiger partial charge is 0.191 e. The van der Waals surface area contributed by atoms with Gasteiger partial charge in [0.1, 0.15) is 5.82 Å². The number of aryl methyl sites for hydroxylation is 1. The average Bonchev–Trinajstić information content (AvgIpc) is 3.13. The van der Waals surface area contributed by atoms with Crippen LogP contribution in [0.25, 0.3) is 11.0 Å². The lowest BCUT2D eigenvalue weighted by molar-refractivity contribution is 0.221. The van der Waals surface area contributed by atoms with Crippen molar-refractivity contribution >= 4 is 17.0 Å². The Labute approximate surface area is 185 Å². The summed E-state index contributed by atoms with van der Waals surface area (Å²) in [7, 11) is 2.06. The Bertz CT molecular complexity index is 999. The third-order valence-corrected chi connectivity index (χ3v) is 5.94. The van der Waals surface area contributed by atoms with Gasteiger partial charge in [-0.2, -0.15) is 0 Å². The number of guanidine groups is 1. The second-order valence-electron chi connectivity index (χ2n) is 8.28. The normalized spacial score (nSPS) is 15.4. The summed E-state index contributed by atoms with van der Waals surface area (Å²) in [5.74, 6) is 1.81. The lowest BCUT2D eigenvalue weighted by Crippen LogP contribution is -2.37. The molecule has 1 aromatic heterocycles. The standard InChI is InChI=1S/C25H34N6/c1-3-26-25(28-18-24-29-22-9-5-6-10-23(22)30(24)2)27-17-20-11-13-21(14-12-20)19-31-15-7-4-8-16-31/h5-6,9-14H,3-4,7-8,15-19H2,1-2H3,(H2,26,27,28). The van der Waals surface area contributed by atoms with Crippen LogP contribution in [0.15, 0.2) is 53.5 Å². The third-order valence-electron chi connectivity index (χ3n) is 5.94. The van der Waals surface area contributed by atoms with Crippen LogP contribution < -0.4 is 10.6 Å². The zero-order valence-electron chi connectivity index (χ0n) is 18.8. The zero-order valence-corrected chi connectivity index (χ0v) is 18.8. The van der Waals surface area contributed by atoms with Crippen molar-refractivity contribution in [3.05, 3.63) is 65.5 Å². The van der Waals surface area contributed by atoms with E-state index in [-0.39, 0.29) is 0 Å². The highest BCUT2D eigenvalue weighted by molar-refractivity contribution is 5.80. The Balaban J connectivity index is 1.35. The van der Waals surface area contributed by atoms with E-state index in [0.717, 1.165) is 35.9 Å². The highest BCUT2D eigenvalue weighted by Crippen LogP contribution is 2.15. The zero-order chi connectivity index (χ0) is 21.5. The molecule has 164 valence electrons. The minimum atomic E-state index is 0.631. The van der Waals surface area contributed by atoms with E-state index in [0.29, 0.717) is 13.1 Å². The van der Waals surface area contributed by atoms with Crippen molar-refractivity contribution in [1.82, 2.24) is 25.1 Å². The first kappa shape index (κ1) is 21.4. The molecular formula is C25H34N6. The number of aromatic nitrogens is 2. The summed E-state index contributed by atoms with van der Waals surface area (Å²) >= 11 is 0. The molecule has 1 fully saturated rings. The number of hydrogen-bond acceptors (Lipinski definition) is 3. The van der Waals surface area contributed by atoms with E-state index in [2.05, 4.69) is 64.4 Å². The molecule has 2 heterocycles. The molecule has 0 unspecified atom stereocenters. The maximum absolute atomic E-state index is 4.77. The molecule has 0 saturated carbocycles. The molecule has 0 aliphatic carbocycles. The van der Waals surface area contributed by atoms with Crippen LogP contribution in [-0.2, 0) is 26.7 Å². The van der Waals surface area contributed by atoms with Gasteiger partial charge in [0, 0.05) is 20.1 Å². The molecule has 0 bridgehead atoms. The van der Waals surface area contributed by atoms with E-state index in [9.17, 15) is 0 Å². The Morgan fingerprint density at radius 3 is 2.45 bits per heavy atom. The van der Waals surface area contributed by atoms with E-state index >= 15 is 0 Å². The lowest BCUT2D eigenvalue weighted by Gasteiger charge is -2.26. The number of nitrogens with one attached hydrogen (secondary N) is 2. The molecule has 4 rings (SSSR count). The van der Waals surface area contributed by atoms with Crippen molar-refractivity contribution < 1.29 is 0 Å². The van der Waals surface area contributed by atoms with Gasteiger partial charge in [-0.3, -0.25) is 4.90 Å². The van der Waals surface area contributed by atoms with Crippen LogP contribution >= 0.6 is 0 Å². The largest absolute Gasteiger partial charge is 0.357 e. The SMILES string of the molecule is CCNC(=NCc1ccc(CN2CCCCC2)cc1)NCc1nc2ccccc2n1C. The van der Waals surface area contributed by atoms with Crippen LogP contribution in [-0.4, -0.2) is 40.0 Å². The van der Waals surface area contributed by atoms with Gasteiger partial charge in [0.05, 0.1) is 24.1 Å². The van der Waals surface area contributed by atoms with Crippen LogP contribution in [0.1, 0.15) is 43.1 Å². The van der Waals surface area contributed by atoms with Crippen LogP contribution in [0.3, 0.4) is 0 Å². The molecule has 1 aliphatic rings. The molecule has 2 N–H and O–H groups in total. The van der Waals surface area contributed by atoms with Crippen LogP contribution in [0.2, 0.25) is 0 Å². The Morgan fingerprint density at radius 2 is 1.71 bits per heavy atom. The van der Waals surface area contributed by atoms with Gasteiger partial charge in [-0.15, -0.1) is 0 Å². The molecule has 6 nitrogen and oxygen atoms in total. The molecule has 6 heteroatoms. The Hall–Kier alpha value is -2.86. The van der Waals surface area contributed by atoms with Crippen molar-refractivity contribution in [2.75, 3.05) is 19.6 Å². The number of likely N-dealkylation sites (tertiary alicyclic amines) is 1. The predicted molar refractivity (Wildman–Crippen MR) is 128 cm³/mol. The molecule has 2 aromatic carbocycles. The maximum atomic E-state index is 4.77. The van der Waals surface area contributed by atoms with E-state index in [1.165, 1.54) is 43.5 Å². The van der Waals surface area contributed by atoms with Gasteiger partial charge in [0.25, 0.3) is 0 Å². The molecule has 1 aliphatic heterocycles. The molecule has 0 spiro atoms. The van der Waals surface area contributed by atoms with Gasteiger partial charge in [0.15, 0.2) is 5.96 Å². The fraction of sp³-hybridized carbons (Fsp3) is 0.440. The van der Waals surface area contributed by atoms with E-state index in [1.807, 2.05) is 18.2 Å². The number of rotatable bonds is 7. The second kappa shape index (κ2) is 10.4. The number of benzene rings is 2. The Morgan fingerprint density at radius 1 is 0.968 bits per heavy atom. The minimum absolute atomic E-state index is 0.631. The lowest BCUT2D eigenvalue weighted by atomic mass is 10.1. The van der Waals surface area contributed by atoms with E-state index in [1.54, 1.807) is 0 Å². The summed E-state index contributed by atoms with van der Waals surface area (Å²) in [6.45, 7) is 7.72. The van der Waals surface area contributed by atoms with Crippen molar-refractivity contribution in [2.24, 2.45) is 12.0 Å². The van der Waals surface area contributed by atoms with Crippen LogP contribution in [0, 0.1) is 0 Å². The minimum Gasteiger partial charge on any atom is -0.357 e. The number of aliphatic imine (C=N–C) groups is 1. The van der Waals surface area contributed by atoms with Gasteiger partial charge in [0.2, 0.25) is 0 Å². The molecule has 1 saturated heterocycles. The summed E-state index contributed by atoms with van der Waals surface area (Å²) in [4.78, 5) is 12.1. The van der Waals surface area contributed by atoms with Crippen molar-refractivity contribution in [1.29, 1.82) is 0 Å². The molecule has 31 heavy (non-hydrogen) atoms. The number of nitrogens with zero attached hydrogens (tertiary/aromatic N) is 4. The van der Waals surface area contributed by atoms with Crippen LogP contribution in [0.5, 0.6) is 0 Å². The molecular weight excluding hydrogens is 384 g/mol. The summed E-state index contributed by atoms with van der Waals surface area (Å²) in [6, 6.07) is 17.1. The number of hydrogen-bond donors (Lipinski definition) is 2. The first-order chi connectivity index (χ1) is 15.2. The molecule has 0 radical (unpaired) electrons. The quantitative estimate of drug-likeness (QED) is 0.452. The Kier molecular flexibility index (Phi) is 7.20. The van der Waals surface area contributed by atoms with E-state index in [4.69, 9.17) is 9.98 Å². The van der Waals surface area contributed by atoms with Crippen molar-refractivity contribution in [3.8, 4) is 0 Å². The first-order valence-electron chi connectivity index (χ1n) is 11.5. The highest BCUT2D eigenvalue weighted by atomic mass is 15.2. The molecule has 0 amide bonds. The van der Waals surface area contributed by atoms with Crippen molar-refractivity contribution in [3.63, 3.8) is 0 Å². The van der Waals surface area contributed by atoms with E-state index < -0.39 is 0 Å². The summed E-state index contributed by atoms with van der Waals surface area (Å²) in [5.41, 5.74) is 4.78. The topological polar surface area (TPSA) is 57.5 Å². The van der Waals surface area contributed by atoms with Gasteiger partial charge >= 0.3 is 0 Å². The van der Waals surface area contributed by atoms with Crippen LogP contribution in [0.4, 0.5) is 0 Å². The highest BCUT2D eigenvalue weighted by Gasteiger charge is 2.10. The van der Waals surface area contributed by atoms with Gasteiger partial charge in [-0.05, 0) is 56.1 Å². The number of imidazole rings is 1. The second-order valence-corrected chi connectivity index (χ2v) is 8.28. The molecule has 0 atom stereocenters. The summed E-state index contributed by atoms with van der Waals surface area (Å²) in [6.07, 6.45) is 4.05. The van der Waals surface area contributed by atoms with Gasteiger partial charge < -0.3 is 15.2 Å². The summed E-state index contributed by atoms with van der Waals surface area (Å²) < 4.78 is 2.13. The predicted octanol–water partition coefficient (Wildman–Crippen LogP) is 3.81. The maximum Gasteiger partial charge on any atom is 0.191 e. The van der Waals surface area contributed by atoms with Gasteiger partial charge in [-0.1, -0.05) is 42.8 Å². The fourth-order valence-corrected chi connectivity index (χ4v) is 4.15. The van der Waals surface area contributed by atoms with Crippen molar-refractivity contribution in [2.45, 2.75) is 45.8 Å². The first-order valence-corrected chi connectivity index (χ1v) is 11.5. The monoisotopic (exact) mass is 418 g/mol. The number of fused-ring (bicyclic) bond motifs is 1.